The molecule has 0 fully saturated rings. The molecular weight excluding hydrogens is 504 g/mol. The van der Waals surface area contributed by atoms with Gasteiger partial charge in [-0.05, 0) is 56.3 Å². The molecule has 2 aromatic rings. The fraction of sp³-hybridized carbons (Fsp3) is 0.409. The second-order valence-electron chi connectivity index (χ2n) is 7.15. The highest BCUT2D eigenvalue weighted by Gasteiger charge is 2.22. The van der Waals surface area contributed by atoms with E-state index in [1.165, 1.54) is 32.3 Å². The predicted octanol–water partition coefficient (Wildman–Crippen LogP) is 3.86. The van der Waals surface area contributed by atoms with E-state index in [-0.39, 0.29) is 5.97 Å². The number of nitrogens with zero attached hydrogens (tertiary/aromatic N) is 2. The zero-order chi connectivity index (χ0) is 25.3. The molecule has 1 heterocycles. The van der Waals surface area contributed by atoms with Crippen LogP contribution in [0.15, 0.2) is 42.5 Å². The number of hydrogen-bond acceptors (Lipinski definition) is 8. The van der Waals surface area contributed by atoms with E-state index >= 15 is 0 Å². The highest BCUT2D eigenvalue weighted by atomic mass is 35.5. The van der Waals surface area contributed by atoms with Crippen molar-refractivity contribution in [2.75, 3.05) is 31.5 Å². The van der Waals surface area contributed by atoms with Crippen LogP contribution in [0.5, 0.6) is 11.5 Å². The fourth-order valence-corrected chi connectivity index (χ4v) is 4.91. The van der Waals surface area contributed by atoms with Crippen molar-refractivity contribution in [2.24, 2.45) is 0 Å². The number of esters is 1. The lowest BCUT2D eigenvalue weighted by Crippen LogP contribution is -2.29. The first-order valence-electron chi connectivity index (χ1n) is 10.3. The summed E-state index contributed by atoms with van der Waals surface area (Å²) in [6.07, 6.45) is 0.938. The number of rotatable bonds is 8. The zero-order valence-electron chi connectivity index (χ0n) is 19.7. The van der Waals surface area contributed by atoms with Crippen molar-refractivity contribution < 1.29 is 31.1 Å². The number of hydrogen-bond donors (Lipinski definition) is 0. The number of fused-ring (bicyclic) bond motifs is 1. The topological polar surface area (TPSA) is 94.6 Å². The molecule has 0 bridgehead atoms. The highest BCUT2D eigenvalue weighted by Crippen LogP contribution is 2.32. The van der Waals surface area contributed by atoms with Gasteiger partial charge in [-0.25, -0.2) is 8.42 Å². The van der Waals surface area contributed by atoms with Gasteiger partial charge in [-0.15, -0.1) is 0 Å². The molecule has 0 aliphatic carbocycles. The van der Waals surface area contributed by atoms with Gasteiger partial charge in [0.1, 0.15) is 11.5 Å². The molecule has 0 radical (unpaired) electrons. The van der Waals surface area contributed by atoms with E-state index in [4.69, 9.17) is 24.7 Å². The van der Waals surface area contributed by atoms with E-state index in [1.54, 1.807) is 31.2 Å². The van der Waals surface area contributed by atoms with Crippen LogP contribution in [-0.2, 0) is 53.4 Å². The number of ether oxygens (including phenoxy) is 2. The quantitative estimate of drug-likeness (QED) is 0.373. The maximum absolute atomic E-state index is 12.0. The number of anilines is 1. The number of alkyl halides is 1. The summed E-state index contributed by atoms with van der Waals surface area (Å²) in [5, 5.41) is 0. The normalized spacial score (nSPS) is 15.7. The molecule has 0 amide bonds. The maximum atomic E-state index is 12.0. The molecule has 3 atom stereocenters. The summed E-state index contributed by atoms with van der Waals surface area (Å²) in [5.74, 6) is 1.13. The minimum Gasteiger partial charge on any atom is -0.457 e. The van der Waals surface area contributed by atoms with Gasteiger partial charge in [-0.3, -0.25) is 13.2 Å². The van der Waals surface area contributed by atoms with Crippen LogP contribution in [0.4, 0.5) is 5.69 Å². The van der Waals surface area contributed by atoms with Gasteiger partial charge < -0.3 is 14.4 Å². The summed E-state index contributed by atoms with van der Waals surface area (Å²) in [5.41, 5.74) is 2.43. The van der Waals surface area contributed by atoms with Gasteiger partial charge in [-0.2, -0.15) is 3.71 Å². The molecule has 9 nitrogen and oxygen atoms in total. The molecule has 0 saturated heterocycles. The Morgan fingerprint density at radius 3 is 2.21 bits per heavy atom. The lowest BCUT2D eigenvalue weighted by molar-refractivity contribution is -0.142. The van der Waals surface area contributed by atoms with Gasteiger partial charge in [0.15, 0.2) is 5.56 Å². The molecule has 0 saturated carbocycles. The van der Waals surface area contributed by atoms with Crippen LogP contribution >= 0.6 is 11.6 Å². The average molecular weight is 533 g/mol. The molecule has 34 heavy (non-hydrogen) atoms. The van der Waals surface area contributed by atoms with Gasteiger partial charge in [0, 0.05) is 25.6 Å². The summed E-state index contributed by atoms with van der Waals surface area (Å²) < 4.78 is 45.0. The molecule has 3 rings (SSSR count). The zero-order valence-corrected chi connectivity index (χ0v) is 22.1. The largest absolute Gasteiger partial charge is 0.457 e. The van der Waals surface area contributed by atoms with Crippen LogP contribution in [0.1, 0.15) is 25.0 Å². The fourth-order valence-electron chi connectivity index (χ4n) is 3.16. The lowest BCUT2D eigenvalue weighted by Gasteiger charge is -2.26. The first-order chi connectivity index (χ1) is 16.2. The average Bonchev–Trinajstić information content (AvgIpc) is 2.79. The van der Waals surface area contributed by atoms with Crippen molar-refractivity contribution in [1.82, 2.24) is 4.90 Å². The van der Waals surface area contributed by atoms with Gasteiger partial charge in [-0.1, -0.05) is 23.7 Å². The van der Waals surface area contributed by atoms with Gasteiger partial charge in [0.25, 0.3) is 22.5 Å². The van der Waals surface area contributed by atoms with E-state index < -0.39 is 28.1 Å². The number of carbonyl (C=O) groups excluding carboxylic acids is 1. The number of halogens is 1. The van der Waals surface area contributed by atoms with Crippen molar-refractivity contribution in [3.05, 3.63) is 53.6 Å². The molecule has 0 N–H and O–H groups in total. The summed E-state index contributed by atoms with van der Waals surface area (Å²) >= 11 is 1.36. The van der Waals surface area contributed by atoms with Crippen molar-refractivity contribution in [3.63, 3.8) is 0 Å². The van der Waals surface area contributed by atoms with Gasteiger partial charge >= 0.3 is 5.97 Å². The van der Waals surface area contributed by atoms with E-state index in [0.717, 1.165) is 29.0 Å². The van der Waals surface area contributed by atoms with E-state index in [9.17, 15) is 13.2 Å². The molecule has 1 aliphatic heterocycles. The summed E-state index contributed by atoms with van der Waals surface area (Å²) in [6, 6.07) is 12.9. The lowest BCUT2D eigenvalue weighted by atomic mass is 9.99. The first-order valence-corrected chi connectivity index (χ1v) is 12.8. The Kier molecular flexibility index (Phi) is 11.4. The van der Waals surface area contributed by atoms with Crippen molar-refractivity contribution in [1.29, 1.82) is 0 Å². The summed E-state index contributed by atoms with van der Waals surface area (Å²) in [7, 11) is 4.64. The molecule has 188 valence electrons. The van der Waals surface area contributed by atoms with Crippen molar-refractivity contribution >= 4 is 45.8 Å². The standard InChI is InChI=1S/C18H22N2O5S2.C4H7ClO2/c1-19-12-11-17-14(13-19)5-4-6-18(17)25-16-9-7-15(8-10-16)20(26(21)23-2)27(22)24-3;1-3(5)7-4(2)6/h4-10H,11-13H2,1-3H3;3H,1-2H3. The Labute approximate surface area is 210 Å². The number of carbonyl (C=O) groups is 1. The predicted molar refractivity (Wildman–Crippen MR) is 133 cm³/mol. The molecule has 1 aliphatic rings. The van der Waals surface area contributed by atoms with Crippen molar-refractivity contribution in [3.8, 4) is 11.5 Å². The summed E-state index contributed by atoms with van der Waals surface area (Å²) in [4.78, 5) is 12.2. The molecule has 2 aromatic carbocycles. The van der Waals surface area contributed by atoms with Gasteiger partial charge in [0.05, 0.1) is 19.9 Å². The number of likely N-dealkylation sites (N-methyl/N-ethyl adjacent to an activating group) is 1. The van der Waals surface area contributed by atoms with Crippen LogP contribution in [0.3, 0.4) is 0 Å². The minimum absolute atomic E-state index is 0.345. The molecule has 3 unspecified atom stereocenters. The van der Waals surface area contributed by atoms with Crippen LogP contribution in [-0.4, -0.2) is 52.7 Å². The second-order valence-corrected chi connectivity index (χ2v) is 10.3. The third-order valence-electron chi connectivity index (χ3n) is 4.57. The van der Waals surface area contributed by atoms with Crippen molar-refractivity contribution in [2.45, 2.75) is 32.4 Å². The van der Waals surface area contributed by atoms with E-state index in [0.29, 0.717) is 11.4 Å². The Balaban J connectivity index is 0.000000509. The van der Waals surface area contributed by atoms with Crippen LogP contribution < -0.4 is 8.45 Å². The molecule has 12 heteroatoms. The van der Waals surface area contributed by atoms with Crippen LogP contribution in [0, 0.1) is 0 Å². The van der Waals surface area contributed by atoms with E-state index in [2.05, 4.69) is 22.8 Å². The van der Waals surface area contributed by atoms with Crippen LogP contribution in [0.25, 0.3) is 0 Å². The Morgan fingerprint density at radius 2 is 1.71 bits per heavy atom. The third-order valence-corrected chi connectivity index (χ3v) is 6.93. The smallest absolute Gasteiger partial charge is 0.304 e. The highest BCUT2D eigenvalue weighted by molar-refractivity contribution is 7.99. The maximum Gasteiger partial charge on any atom is 0.304 e. The molecule has 0 aromatic heterocycles. The number of benzene rings is 2. The van der Waals surface area contributed by atoms with Crippen LogP contribution in [0.2, 0.25) is 0 Å². The first kappa shape index (κ1) is 28.2. The summed E-state index contributed by atoms with van der Waals surface area (Å²) in [6.45, 7) is 4.81. The minimum atomic E-state index is -1.93. The molecule has 0 spiro atoms. The SMILES string of the molecule is CC(=O)OC(C)Cl.COS(=O)N(c1ccc(Oc2cccc3c2CCN(C)C3)cc1)S(=O)OC. The Morgan fingerprint density at radius 1 is 1.09 bits per heavy atom. The molecular formula is C22H29ClN2O7S2. The Hall–Kier alpha value is -2.02. The third kappa shape index (κ3) is 8.33. The van der Waals surface area contributed by atoms with E-state index in [1.807, 2.05) is 12.1 Å². The second kappa shape index (κ2) is 13.8. The Bertz CT molecular complexity index is 989. The van der Waals surface area contributed by atoms with Gasteiger partial charge in [0.2, 0.25) is 0 Å². The monoisotopic (exact) mass is 532 g/mol.